The molecule has 2 N–H and O–H groups in total. The second-order valence-corrected chi connectivity index (χ2v) is 6.97. The summed E-state index contributed by atoms with van der Waals surface area (Å²) in [4.78, 5) is 2.30. The zero-order chi connectivity index (χ0) is 19.9. The van der Waals surface area contributed by atoms with E-state index in [1.807, 2.05) is 24.3 Å². The van der Waals surface area contributed by atoms with E-state index >= 15 is 0 Å². The summed E-state index contributed by atoms with van der Waals surface area (Å²) in [5, 5.41) is 2.38. The van der Waals surface area contributed by atoms with Crippen LogP contribution in [0.1, 0.15) is 11.1 Å². The lowest BCUT2D eigenvalue weighted by Gasteiger charge is -2.15. The Kier molecular flexibility index (Phi) is 6.56. The molecule has 3 rings (SSSR count). The average Bonchev–Trinajstić information content (AvgIpc) is 2.72. The van der Waals surface area contributed by atoms with Crippen LogP contribution in [-0.4, -0.2) is 39.3 Å². The fourth-order valence-electron chi connectivity index (χ4n) is 3.20. The molecular weight excluding hydrogens is 348 g/mol. The first-order valence-corrected chi connectivity index (χ1v) is 9.44. The standard InChI is InChI=1S/C24H28N2O2/c1-26(14-12-19-7-11-23(27-2)24(16-19)28-3)13-4-5-18-6-8-21-17-22(25)10-9-20(21)15-18/h4-11,15-17H,12-14,25H2,1-3H3/b5-4+. The average molecular weight is 377 g/mol. The first kappa shape index (κ1) is 19.8. The molecule has 0 fully saturated rings. The molecule has 4 heteroatoms. The van der Waals surface area contributed by atoms with Gasteiger partial charge in [-0.1, -0.05) is 36.4 Å². The van der Waals surface area contributed by atoms with Crippen LogP contribution >= 0.6 is 0 Å². The van der Waals surface area contributed by atoms with E-state index in [-0.39, 0.29) is 0 Å². The van der Waals surface area contributed by atoms with Crippen LogP contribution in [0.15, 0.2) is 60.7 Å². The highest BCUT2D eigenvalue weighted by Crippen LogP contribution is 2.27. The van der Waals surface area contributed by atoms with Crippen molar-refractivity contribution < 1.29 is 9.47 Å². The molecule has 3 aromatic carbocycles. The molecule has 0 bridgehead atoms. The van der Waals surface area contributed by atoms with Crippen molar-refractivity contribution in [1.82, 2.24) is 4.90 Å². The van der Waals surface area contributed by atoms with Crippen molar-refractivity contribution >= 4 is 22.5 Å². The van der Waals surface area contributed by atoms with Gasteiger partial charge < -0.3 is 20.1 Å². The van der Waals surface area contributed by atoms with Gasteiger partial charge in [0.05, 0.1) is 14.2 Å². The largest absolute Gasteiger partial charge is 0.493 e. The van der Waals surface area contributed by atoms with Crippen LogP contribution in [0.4, 0.5) is 5.69 Å². The van der Waals surface area contributed by atoms with Gasteiger partial charge in [0.1, 0.15) is 0 Å². The molecule has 0 aliphatic rings. The zero-order valence-electron chi connectivity index (χ0n) is 16.8. The Morgan fingerprint density at radius 1 is 0.893 bits per heavy atom. The van der Waals surface area contributed by atoms with Gasteiger partial charge in [-0.2, -0.15) is 0 Å². The maximum Gasteiger partial charge on any atom is 0.160 e. The molecule has 0 spiro atoms. The minimum absolute atomic E-state index is 0.764. The van der Waals surface area contributed by atoms with Gasteiger partial charge >= 0.3 is 0 Å². The van der Waals surface area contributed by atoms with Crippen LogP contribution in [0, 0.1) is 0 Å². The summed E-state index contributed by atoms with van der Waals surface area (Å²) >= 11 is 0. The predicted molar refractivity (Wildman–Crippen MR) is 118 cm³/mol. The number of anilines is 1. The normalized spacial score (nSPS) is 11.4. The molecule has 0 amide bonds. The first-order chi connectivity index (χ1) is 13.6. The molecule has 0 aromatic heterocycles. The first-order valence-electron chi connectivity index (χ1n) is 9.44. The Labute approximate surface area is 167 Å². The number of hydrogen-bond acceptors (Lipinski definition) is 4. The van der Waals surface area contributed by atoms with Crippen LogP contribution in [0.5, 0.6) is 11.5 Å². The monoisotopic (exact) mass is 376 g/mol. The second-order valence-electron chi connectivity index (χ2n) is 6.97. The van der Waals surface area contributed by atoms with Gasteiger partial charge in [0.2, 0.25) is 0 Å². The van der Waals surface area contributed by atoms with Crippen LogP contribution in [0.3, 0.4) is 0 Å². The number of ether oxygens (including phenoxy) is 2. The summed E-state index contributed by atoms with van der Waals surface area (Å²) in [7, 11) is 5.46. The van der Waals surface area contributed by atoms with Crippen LogP contribution in [0.25, 0.3) is 16.8 Å². The number of benzene rings is 3. The van der Waals surface area contributed by atoms with Gasteiger partial charge in [-0.25, -0.2) is 0 Å². The van der Waals surface area contributed by atoms with Crippen LogP contribution < -0.4 is 15.2 Å². The number of rotatable bonds is 8. The minimum atomic E-state index is 0.764. The topological polar surface area (TPSA) is 47.7 Å². The molecule has 28 heavy (non-hydrogen) atoms. The van der Waals surface area contributed by atoms with E-state index in [4.69, 9.17) is 15.2 Å². The summed E-state index contributed by atoms with van der Waals surface area (Å²) in [5.41, 5.74) is 9.08. The van der Waals surface area contributed by atoms with Crippen molar-refractivity contribution in [3.63, 3.8) is 0 Å². The number of fused-ring (bicyclic) bond motifs is 1. The molecule has 0 unspecified atom stereocenters. The van der Waals surface area contributed by atoms with Gasteiger partial charge in [0.15, 0.2) is 11.5 Å². The Hall–Kier alpha value is -2.98. The number of likely N-dealkylation sites (N-methyl/N-ethyl adjacent to an activating group) is 1. The molecular formula is C24H28N2O2. The molecule has 0 aliphatic heterocycles. The van der Waals surface area contributed by atoms with Crippen molar-refractivity contribution in [3.05, 3.63) is 71.8 Å². The Bertz CT molecular complexity index is 966. The highest BCUT2D eigenvalue weighted by Gasteiger charge is 2.05. The number of hydrogen-bond donors (Lipinski definition) is 1. The predicted octanol–water partition coefficient (Wildman–Crippen LogP) is 4.63. The highest BCUT2D eigenvalue weighted by atomic mass is 16.5. The SMILES string of the molecule is COc1ccc(CCN(C)C/C=C/c2ccc3cc(N)ccc3c2)cc1OC. The summed E-state index contributed by atoms with van der Waals surface area (Å²) in [5.74, 6) is 1.54. The summed E-state index contributed by atoms with van der Waals surface area (Å²) in [6, 6.07) is 18.5. The number of methoxy groups -OCH3 is 2. The lowest BCUT2D eigenvalue weighted by molar-refractivity contribution is 0.353. The highest BCUT2D eigenvalue weighted by molar-refractivity contribution is 5.87. The third-order valence-corrected chi connectivity index (χ3v) is 4.85. The van der Waals surface area contributed by atoms with Crippen molar-refractivity contribution in [1.29, 1.82) is 0 Å². The third kappa shape index (κ3) is 5.05. The van der Waals surface area contributed by atoms with Gasteiger partial charge in [0, 0.05) is 18.8 Å². The van der Waals surface area contributed by atoms with Gasteiger partial charge in [-0.15, -0.1) is 0 Å². The van der Waals surface area contributed by atoms with E-state index in [2.05, 4.69) is 54.4 Å². The smallest absolute Gasteiger partial charge is 0.160 e. The van der Waals surface area contributed by atoms with Crippen molar-refractivity contribution in [2.75, 3.05) is 40.1 Å². The fraction of sp³-hybridized carbons (Fsp3) is 0.250. The maximum absolute atomic E-state index is 5.84. The van der Waals surface area contributed by atoms with Crippen LogP contribution in [0.2, 0.25) is 0 Å². The van der Waals surface area contributed by atoms with Gasteiger partial charge in [0.25, 0.3) is 0 Å². The van der Waals surface area contributed by atoms with Crippen molar-refractivity contribution in [2.24, 2.45) is 0 Å². The maximum atomic E-state index is 5.84. The lowest BCUT2D eigenvalue weighted by Crippen LogP contribution is -2.21. The number of nitrogens with zero attached hydrogens (tertiary/aromatic N) is 1. The second kappa shape index (κ2) is 9.29. The molecule has 0 saturated carbocycles. The van der Waals surface area contributed by atoms with E-state index in [9.17, 15) is 0 Å². The van der Waals surface area contributed by atoms with E-state index in [0.29, 0.717) is 0 Å². The van der Waals surface area contributed by atoms with Crippen LogP contribution in [-0.2, 0) is 6.42 Å². The molecule has 0 saturated heterocycles. The van der Waals surface area contributed by atoms with Gasteiger partial charge in [-0.3, -0.25) is 0 Å². The number of nitrogen functional groups attached to an aromatic ring is 1. The molecule has 3 aromatic rings. The Balaban J connectivity index is 1.54. The number of nitrogens with two attached hydrogens (primary N) is 1. The Morgan fingerprint density at radius 3 is 2.43 bits per heavy atom. The third-order valence-electron chi connectivity index (χ3n) is 4.85. The molecule has 0 aliphatic carbocycles. The zero-order valence-corrected chi connectivity index (χ0v) is 16.8. The van der Waals surface area contributed by atoms with E-state index in [1.165, 1.54) is 21.9 Å². The summed E-state index contributed by atoms with van der Waals surface area (Å²) < 4.78 is 10.7. The summed E-state index contributed by atoms with van der Waals surface area (Å²) in [6.07, 6.45) is 5.33. The van der Waals surface area contributed by atoms with Crippen molar-refractivity contribution in [3.8, 4) is 11.5 Å². The van der Waals surface area contributed by atoms with Crippen molar-refractivity contribution in [2.45, 2.75) is 6.42 Å². The molecule has 146 valence electrons. The molecule has 0 radical (unpaired) electrons. The lowest BCUT2D eigenvalue weighted by atomic mass is 10.1. The molecule has 4 nitrogen and oxygen atoms in total. The fourth-order valence-corrected chi connectivity index (χ4v) is 3.20. The van der Waals surface area contributed by atoms with E-state index < -0.39 is 0 Å². The van der Waals surface area contributed by atoms with E-state index in [1.54, 1.807) is 14.2 Å². The Morgan fingerprint density at radius 2 is 1.64 bits per heavy atom. The van der Waals surface area contributed by atoms with E-state index in [0.717, 1.165) is 36.7 Å². The molecule has 0 heterocycles. The summed E-state index contributed by atoms with van der Waals surface area (Å²) in [6.45, 7) is 1.86. The minimum Gasteiger partial charge on any atom is -0.493 e. The quantitative estimate of drug-likeness (QED) is 0.583. The molecule has 0 atom stereocenters. The van der Waals surface area contributed by atoms with Gasteiger partial charge in [-0.05, 0) is 65.7 Å².